The predicted molar refractivity (Wildman–Crippen MR) is 101 cm³/mol. The Morgan fingerprint density at radius 2 is 2.00 bits per heavy atom. The lowest BCUT2D eigenvalue weighted by atomic mass is 9.79. The largest absolute Gasteiger partial charge is 0.325 e. The second-order valence-corrected chi connectivity index (χ2v) is 9.14. The van der Waals surface area contributed by atoms with E-state index in [1.165, 1.54) is 12.1 Å². The van der Waals surface area contributed by atoms with Crippen LogP contribution in [0.25, 0.3) is 0 Å². The number of amides is 2. The highest BCUT2D eigenvalue weighted by atomic mass is 32.2. The van der Waals surface area contributed by atoms with Crippen LogP contribution < -0.4 is 16.0 Å². The summed E-state index contributed by atoms with van der Waals surface area (Å²) in [4.78, 5) is 25.0. The van der Waals surface area contributed by atoms with Crippen molar-refractivity contribution in [3.63, 3.8) is 0 Å². The molecule has 2 aromatic carbocycles. The van der Waals surface area contributed by atoms with Crippen molar-refractivity contribution in [1.82, 2.24) is 5.32 Å². The normalized spacial score (nSPS) is 23.5. The molecule has 0 bridgehead atoms. The molecule has 2 unspecified atom stereocenters. The molecular weight excluding hydrogens is 385 g/mol. The van der Waals surface area contributed by atoms with Crippen molar-refractivity contribution in [2.75, 3.05) is 23.4 Å². The van der Waals surface area contributed by atoms with Crippen LogP contribution in [0.4, 0.5) is 15.8 Å². The fourth-order valence-electron chi connectivity index (χ4n) is 3.78. The van der Waals surface area contributed by atoms with Gasteiger partial charge in [0.05, 0.1) is 22.0 Å². The summed E-state index contributed by atoms with van der Waals surface area (Å²) in [6.07, 6.45) is 1.22. The number of rotatable bonds is 3. The molecule has 0 aromatic heterocycles. The van der Waals surface area contributed by atoms with Gasteiger partial charge in [-0.25, -0.2) is 12.8 Å². The molecule has 2 atom stereocenters. The van der Waals surface area contributed by atoms with E-state index < -0.39 is 33.0 Å². The fourth-order valence-corrected chi connectivity index (χ4v) is 4.41. The van der Waals surface area contributed by atoms with Crippen molar-refractivity contribution in [2.24, 2.45) is 0 Å². The zero-order valence-corrected chi connectivity index (χ0v) is 15.8. The Bertz CT molecular complexity index is 1100. The average Bonchev–Trinajstić information content (AvgIpc) is 3.20. The van der Waals surface area contributed by atoms with E-state index in [0.29, 0.717) is 6.54 Å². The molecule has 0 saturated carbocycles. The number of carbonyl (C=O) groups is 2. The lowest BCUT2D eigenvalue weighted by Gasteiger charge is -2.20. The van der Waals surface area contributed by atoms with Gasteiger partial charge in [-0.1, -0.05) is 18.2 Å². The van der Waals surface area contributed by atoms with E-state index >= 15 is 0 Å². The van der Waals surface area contributed by atoms with Gasteiger partial charge in [0.15, 0.2) is 9.84 Å². The minimum absolute atomic E-state index is 0.114. The second kappa shape index (κ2) is 6.39. The molecule has 2 aromatic rings. The number of hydrogen-bond acceptors (Lipinski definition) is 5. The number of benzene rings is 2. The monoisotopic (exact) mass is 403 g/mol. The number of hydrogen-bond donors (Lipinski definition) is 3. The van der Waals surface area contributed by atoms with Crippen molar-refractivity contribution >= 4 is 33.0 Å². The summed E-state index contributed by atoms with van der Waals surface area (Å²) in [6.45, 7) is 0.295. The maximum atomic E-state index is 14.2. The van der Waals surface area contributed by atoms with Crippen LogP contribution in [-0.4, -0.2) is 39.1 Å². The molecule has 1 spiro atoms. The summed E-state index contributed by atoms with van der Waals surface area (Å²) in [6, 6.07) is 9.97. The van der Waals surface area contributed by atoms with Crippen LogP contribution in [0.15, 0.2) is 47.4 Å². The third kappa shape index (κ3) is 2.96. The van der Waals surface area contributed by atoms with Gasteiger partial charge in [-0.2, -0.15) is 0 Å². The summed E-state index contributed by atoms with van der Waals surface area (Å²) in [5.74, 6) is -1.49. The highest BCUT2D eigenvalue weighted by Gasteiger charge is 2.52. The minimum Gasteiger partial charge on any atom is -0.325 e. The van der Waals surface area contributed by atoms with Crippen LogP contribution in [-0.2, 0) is 24.8 Å². The molecular formula is C19H18FN3O4S. The van der Waals surface area contributed by atoms with Crippen molar-refractivity contribution in [2.45, 2.75) is 22.8 Å². The SMILES string of the molecule is CS(=O)(=O)c1ccc(NC(=O)C2CC3(CN2)C(=O)Nc2ccccc23)c(F)c1. The molecule has 1 saturated heterocycles. The van der Waals surface area contributed by atoms with E-state index in [9.17, 15) is 22.4 Å². The molecule has 1 fully saturated rings. The Morgan fingerprint density at radius 1 is 1.25 bits per heavy atom. The van der Waals surface area contributed by atoms with Gasteiger partial charge in [-0.15, -0.1) is 0 Å². The van der Waals surface area contributed by atoms with Crippen LogP contribution in [0, 0.1) is 5.82 Å². The zero-order chi connectivity index (χ0) is 20.1. The van der Waals surface area contributed by atoms with E-state index in [0.717, 1.165) is 23.6 Å². The van der Waals surface area contributed by atoms with Gasteiger partial charge < -0.3 is 16.0 Å². The highest BCUT2D eigenvalue weighted by Crippen LogP contribution is 2.43. The molecule has 0 aliphatic carbocycles. The molecule has 2 amide bonds. The number of sulfone groups is 1. The lowest BCUT2D eigenvalue weighted by molar-refractivity contribution is -0.120. The van der Waals surface area contributed by atoms with E-state index in [1.54, 1.807) is 0 Å². The van der Waals surface area contributed by atoms with Gasteiger partial charge in [-0.05, 0) is 36.2 Å². The minimum atomic E-state index is -3.55. The van der Waals surface area contributed by atoms with Crippen LogP contribution in [0.3, 0.4) is 0 Å². The molecule has 0 radical (unpaired) electrons. The van der Waals surface area contributed by atoms with Crippen molar-refractivity contribution in [3.05, 3.63) is 53.8 Å². The fraction of sp³-hybridized carbons (Fsp3) is 0.263. The van der Waals surface area contributed by atoms with Crippen LogP contribution in [0.1, 0.15) is 12.0 Å². The average molecular weight is 403 g/mol. The second-order valence-electron chi connectivity index (χ2n) is 7.12. The smallest absolute Gasteiger partial charge is 0.241 e. The topological polar surface area (TPSA) is 104 Å². The van der Waals surface area contributed by atoms with E-state index in [2.05, 4.69) is 16.0 Å². The quantitative estimate of drug-likeness (QED) is 0.719. The molecule has 146 valence electrons. The third-order valence-electron chi connectivity index (χ3n) is 5.27. The molecule has 2 heterocycles. The summed E-state index contributed by atoms with van der Waals surface area (Å²) >= 11 is 0. The molecule has 3 N–H and O–H groups in total. The number of carbonyl (C=O) groups excluding carboxylic acids is 2. The highest BCUT2D eigenvalue weighted by molar-refractivity contribution is 7.90. The molecule has 4 rings (SSSR count). The first-order valence-electron chi connectivity index (χ1n) is 8.65. The van der Waals surface area contributed by atoms with Gasteiger partial charge in [0.2, 0.25) is 11.8 Å². The first-order chi connectivity index (χ1) is 13.2. The summed E-state index contributed by atoms with van der Waals surface area (Å²) < 4.78 is 37.2. The zero-order valence-electron chi connectivity index (χ0n) is 15.0. The van der Waals surface area contributed by atoms with E-state index in [-0.39, 0.29) is 22.9 Å². The third-order valence-corrected chi connectivity index (χ3v) is 6.38. The van der Waals surface area contributed by atoms with Crippen molar-refractivity contribution in [3.8, 4) is 0 Å². The number of anilines is 2. The lowest BCUT2D eigenvalue weighted by Crippen LogP contribution is -2.36. The van der Waals surface area contributed by atoms with Crippen molar-refractivity contribution < 1.29 is 22.4 Å². The molecule has 28 heavy (non-hydrogen) atoms. The summed E-state index contributed by atoms with van der Waals surface area (Å²) in [7, 11) is -3.55. The van der Waals surface area contributed by atoms with Gasteiger partial charge in [-0.3, -0.25) is 9.59 Å². The van der Waals surface area contributed by atoms with Gasteiger partial charge in [0.25, 0.3) is 0 Å². The van der Waals surface area contributed by atoms with Crippen molar-refractivity contribution in [1.29, 1.82) is 0 Å². The van der Waals surface area contributed by atoms with Gasteiger partial charge in [0, 0.05) is 18.5 Å². The predicted octanol–water partition coefficient (Wildman–Crippen LogP) is 1.42. The number of nitrogens with one attached hydrogen (secondary N) is 3. The van der Waals surface area contributed by atoms with E-state index in [1.807, 2.05) is 24.3 Å². The molecule has 2 aliphatic rings. The Kier molecular flexibility index (Phi) is 4.24. The Balaban J connectivity index is 1.53. The molecule has 9 heteroatoms. The standard InChI is InChI=1S/C19H18FN3O4S/c1-28(26,27)11-6-7-15(13(20)8-11)22-17(24)16-9-19(10-21-16)12-4-2-3-5-14(12)23-18(19)25/h2-8,16,21H,9-10H2,1H3,(H,22,24)(H,23,25). The van der Waals surface area contributed by atoms with Gasteiger partial charge >= 0.3 is 0 Å². The van der Waals surface area contributed by atoms with E-state index in [4.69, 9.17) is 0 Å². The first-order valence-corrected chi connectivity index (χ1v) is 10.5. The molecule has 7 nitrogen and oxygen atoms in total. The first kappa shape index (κ1) is 18.6. The Labute approximate surface area is 161 Å². The molecule has 2 aliphatic heterocycles. The number of fused-ring (bicyclic) bond motifs is 2. The maximum Gasteiger partial charge on any atom is 0.241 e. The summed E-state index contributed by atoms with van der Waals surface area (Å²) in [5, 5.41) is 8.36. The number of halogens is 1. The van der Waals surface area contributed by atoms with Crippen LogP contribution in [0.5, 0.6) is 0 Å². The Morgan fingerprint density at radius 3 is 2.71 bits per heavy atom. The number of para-hydroxylation sites is 1. The van der Waals surface area contributed by atoms with Crippen LogP contribution >= 0.6 is 0 Å². The maximum absolute atomic E-state index is 14.2. The summed E-state index contributed by atoms with van der Waals surface area (Å²) in [5.41, 5.74) is 0.623. The Hall–Kier alpha value is -2.78. The van der Waals surface area contributed by atoms with Gasteiger partial charge in [0.1, 0.15) is 5.82 Å². The van der Waals surface area contributed by atoms with Crippen LogP contribution in [0.2, 0.25) is 0 Å².